The van der Waals surface area contributed by atoms with Crippen LogP contribution in [0.15, 0.2) is 67.9 Å². The Kier molecular flexibility index (Phi) is 6.12. The number of aromatic nitrogens is 4. The van der Waals surface area contributed by atoms with Gasteiger partial charge in [-0.25, -0.2) is 9.97 Å². The van der Waals surface area contributed by atoms with Crippen molar-refractivity contribution in [1.29, 1.82) is 0 Å². The van der Waals surface area contributed by atoms with Crippen LogP contribution < -0.4 is 10.1 Å². The van der Waals surface area contributed by atoms with Crippen LogP contribution in [0.4, 0.5) is 5.69 Å². The number of rotatable bonds is 7. The highest BCUT2D eigenvalue weighted by Crippen LogP contribution is 2.34. The Balaban J connectivity index is 1.83. The van der Waals surface area contributed by atoms with E-state index >= 15 is 0 Å². The number of carbonyl (C=O) groups is 2. The minimum atomic E-state index is -0.384. The summed E-state index contributed by atoms with van der Waals surface area (Å²) in [5.41, 5.74) is 4.52. The molecule has 4 aromatic heterocycles. The normalized spacial score (nSPS) is 10.6. The molecule has 0 bridgehead atoms. The highest BCUT2D eigenvalue weighted by Gasteiger charge is 2.15. The molecule has 0 aliphatic carbocycles. The van der Waals surface area contributed by atoms with Crippen molar-refractivity contribution in [2.75, 3.05) is 12.4 Å². The second kappa shape index (κ2) is 9.31. The van der Waals surface area contributed by atoms with Crippen LogP contribution in [0.5, 0.6) is 5.88 Å². The van der Waals surface area contributed by atoms with Crippen molar-refractivity contribution >= 4 is 28.6 Å². The predicted molar refractivity (Wildman–Crippen MR) is 123 cm³/mol. The summed E-state index contributed by atoms with van der Waals surface area (Å²) in [5, 5.41) is 3.55. The van der Waals surface area contributed by atoms with Gasteiger partial charge in [-0.3, -0.25) is 19.1 Å². The van der Waals surface area contributed by atoms with Crippen LogP contribution >= 0.6 is 0 Å². The van der Waals surface area contributed by atoms with Gasteiger partial charge in [0.2, 0.25) is 11.8 Å². The Bertz CT molecular complexity index is 1360. The number of methoxy groups -OCH3 is 1. The number of nitrogens with one attached hydrogen (secondary N) is 1. The van der Waals surface area contributed by atoms with E-state index in [2.05, 4.69) is 26.8 Å². The molecule has 166 valence electrons. The van der Waals surface area contributed by atoms with Crippen molar-refractivity contribution in [2.45, 2.75) is 13.7 Å². The van der Waals surface area contributed by atoms with Gasteiger partial charge in [-0.15, -0.1) is 0 Å². The molecule has 0 unspecified atom stereocenters. The van der Waals surface area contributed by atoms with Crippen molar-refractivity contribution in [3.8, 4) is 28.1 Å². The molecule has 0 saturated carbocycles. The van der Waals surface area contributed by atoms with E-state index in [0.717, 1.165) is 27.6 Å². The molecule has 0 radical (unpaired) electrons. The molecule has 0 aliphatic heterocycles. The van der Waals surface area contributed by atoms with Gasteiger partial charge in [0, 0.05) is 59.9 Å². The fraction of sp³-hybridized carbons (Fsp3) is 0.125. The van der Waals surface area contributed by atoms with Gasteiger partial charge in [0.1, 0.15) is 5.65 Å². The largest absolute Gasteiger partial charge is 0.481 e. The van der Waals surface area contributed by atoms with Crippen LogP contribution in [0.25, 0.3) is 33.3 Å². The fourth-order valence-corrected chi connectivity index (χ4v) is 3.37. The summed E-state index contributed by atoms with van der Waals surface area (Å²) in [6.07, 6.45) is 9.69. The number of amides is 1. The molecule has 4 aromatic rings. The van der Waals surface area contributed by atoms with E-state index in [1.807, 2.05) is 30.5 Å². The van der Waals surface area contributed by atoms with Crippen molar-refractivity contribution in [3.63, 3.8) is 0 Å². The van der Waals surface area contributed by atoms with Crippen LogP contribution in [-0.2, 0) is 21.1 Å². The number of anilines is 1. The van der Waals surface area contributed by atoms with Crippen LogP contribution in [-0.4, -0.2) is 38.5 Å². The third-order valence-electron chi connectivity index (χ3n) is 4.90. The monoisotopic (exact) mass is 443 g/mol. The minimum Gasteiger partial charge on any atom is -0.481 e. The third kappa shape index (κ3) is 4.72. The summed E-state index contributed by atoms with van der Waals surface area (Å²) in [4.78, 5) is 36.0. The molecular weight excluding hydrogens is 422 g/mol. The molecule has 1 amide bonds. The van der Waals surface area contributed by atoms with E-state index in [9.17, 15) is 9.59 Å². The summed E-state index contributed by atoms with van der Waals surface area (Å²) in [6.45, 7) is 4.85. The van der Waals surface area contributed by atoms with Gasteiger partial charge in [0.05, 0.1) is 19.0 Å². The zero-order chi connectivity index (χ0) is 23.4. The van der Waals surface area contributed by atoms with Crippen molar-refractivity contribution in [3.05, 3.63) is 67.9 Å². The topological polar surface area (TPSA) is 108 Å². The highest BCUT2D eigenvalue weighted by atomic mass is 16.5. The lowest BCUT2D eigenvalue weighted by Gasteiger charge is -2.07. The van der Waals surface area contributed by atoms with Gasteiger partial charge in [-0.05, 0) is 29.8 Å². The molecule has 0 saturated heterocycles. The van der Waals surface area contributed by atoms with Crippen LogP contribution in [0.1, 0.15) is 6.92 Å². The number of fused-ring (bicyclic) bond motifs is 1. The number of hydrogen-bond donors (Lipinski definition) is 1. The van der Waals surface area contributed by atoms with Gasteiger partial charge in [-0.2, -0.15) is 0 Å². The molecule has 33 heavy (non-hydrogen) atoms. The number of nitrogens with zero attached hydrogens (tertiary/aromatic N) is 4. The van der Waals surface area contributed by atoms with E-state index in [0.29, 0.717) is 17.2 Å². The van der Waals surface area contributed by atoms with Gasteiger partial charge in [-0.1, -0.05) is 6.58 Å². The first-order chi connectivity index (χ1) is 16.0. The van der Waals surface area contributed by atoms with E-state index in [-0.39, 0.29) is 18.6 Å². The first kappa shape index (κ1) is 21.7. The Hall–Kier alpha value is -4.53. The number of ether oxygens (including phenoxy) is 2. The van der Waals surface area contributed by atoms with Gasteiger partial charge >= 0.3 is 5.97 Å². The Morgan fingerprint density at radius 1 is 1.12 bits per heavy atom. The molecule has 0 fully saturated rings. The summed E-state index contributed by atoms with van der Waals surface area (Å²) in [7, 11) is 1.56. The average Bonchev–Trinajstić information content (AvgIpc) is 3.20. The number of carbonyl (C=O) groups excluding carboxylic acids is 2. The lowest BCUT2D eigenvalue weighted by Crippen LogP contribution is -2.07. The molecular formula is C24H21N5O4. The summed E-state index contributed by atoms with van der Waals surface area (Å²) in [5.74, 6) is -0.226. The van der Waals surface area contributed by atoms with E-state index < -0.39 is 0 Å². The second-order valence-corrected chi connectivity index (χ2v) is 7.12. The molecule has 4 heterocycles. The molecule has 9 heteroatoms. The molecule has 0 aromatic carbocycles. The smallest absolute Gasteiger partial charge is 0.304 e. The maximum Gasteiger partial charge on any atom is 0.304 e. The van der Waals surface area contributed by atoms with Crippen molar-refractivity contribution in [1.82, 2.24) is 19.5 Å². The van der Waals surface area contributed by atoms with E-state index in [1.165, 1.54) is 13.0 Å². The maximum atomic E-state index is 11.6. The van der Waals surface area contributed by atoms with Gasteiger partial charge in [0.25, 0.3) is 0 Å². The van der Waals surface area contributed by atoms with Crippen molar-refractivity contribution < 1.29 is 19.1 Å². The first-order valence-corrected chi connectivity index (χ1v) is 10.00. The number of esters is 1. The zero-order valence-corrected chi connectivity index (χ0v) is 18.1. The Morgan fingerprint density at radius 2 is 1.94 bits per heavy atom. The highest BCUT2D eigenvalue weighted by molar-refractivity contribution is 5.99. The molecule has 0 atom stereocenters. The Labute approximate surface area is 189 Å². The summed E-state index contributed by atoms with van der Waals surface area (Å²) >= 11 is 0. The molecule has 0 spiro atoms. The zero-order valence-electron chi connectivity index (χ0n) is 18.1. The summed E-state index contributed by atoms with van der Waals surface area (Å²) in [6, 6.07) is 7.48. The van der Waals surface area contributed by atoms with E-state index in [4.69, 9.17) is 9.47 Å². The fourth-order valence-electron chi connectivity index (χ4n) is 3.37. The standard InChI is InChI=1S/C24H21N5O4/c1-4-22(31)28-19-7-17(10-25-12-19)18-8-20-21(16-5-6-26-23(9-16)32-3)13-29(14-33-15(2)30)24(20)27-11-18/h4-13H,1,14H2,2-3H3,(H,28,31). The van der Waals surface area contributed by atoms with Crippen LogP contribution in [0.2, 0.25) is 0 Å². The van der Waals surface area contributed by atoms with Crippen LogP contribution in [0, 0.1) is 0 Å². The lowest BCUT2D eigenvalue weighted by atomic mass is 10.0. The number of pyridine rings is 3. The SMILES string of the molecule is C=CC(=O)Nc1cncc(-c2cnc3c(c2)c(-c2ccnc(OC)c2)cn3COC(C)=O)c1. The van der Waals surface area contributed by atoms with E-state index in [1.54, 1.807) is 36.5 Å². The lowest BCUT2D eigenvalue weighted by molar-refractivity contribution is -0.144. The van der Waals surface area contributed by atoms with Crippen LogP contribution in [0.3, 0.4) is 0 Å². The molecule has 1 N–H and O–H groups in total. The maximum absolute atomic E-state index is 11.6. The predicted octanol–water partition coefficient (Wildman–Crippen LogP) is 3.81. The molecule has 0 aliphatic rings. The van der Waals surface area contributed by atoms with Crippen molar-refractivity contribution in [2.24, 2.45) is 0 Å². The summed E-state index contributed by atoms with van der Waals surface area (Å²) < 4.78 is 12.2. The second-order valence-electron chi connectivity index (χ2n) is 7.12. The average molecular weight is 443 g/mol. The quantitative estimate of drug-likeness (QED) is 0.342. The molecule has 9 nitrogen and oxygen atoms in total. The molecule has 4 rings (SSSR count). The Morgan fingerprint density at radius 3 is 2.70 bits per heavy atom. The van der Waals surface area contributed by atoms with Gasteiger partial charge in [0.15, 0.2) is 6.73 Å². The number of hydrogen-bond acceptors (Lipinski definition) is 7. The first-order valence-electron chi connectivity index (χ1n) is 10.00. The minimum absolute atomic E-state index is 0.0328. The van der Waals surface area contributed by atoms with Gasteiger partial charge < -0.3 is 14.8 Å². The third-order valence-corrected chi connectivity index (χ3v) is 4.90.